The van der Waals surface area contributed by atoms with Crippen molar-refractivity contribution >= 4 is 35.2 Å². The summed E-state index contributed by atoms with van der Waals surface area (Å²) in [7, 11) is 1.58. The number of ether oxygens (including phenoxy) is 2. The number of aliphatic hydroxyl groups is 1. The number of carbonyl (C=O) groups is 3. The SMILES string of the molecule is C=CCCOC(=O)[C@@H]1[C@H]2C(=O)N([C@@H](CO)C(C)C)C(C(=O)N(CC=C)c3ccc(OC)cc3)C23S[C@@H]1CC3C. The Balaban J connectivity index is 1.81. The Labute approximate surface area is 235 Å². The van der Waals surface area contributed by atoms with Crippen LogP contribution in [-0.2, 0) is 19.1 Å². The van der Waals surface area contributed by atoms with E-state index in [9.17, 15) is 19.5 Å². The van der Waals surface area contributed by atoms with E-state index in [1.165, 1.54) is 0 Å². The van der Waals surface area contributed by atoms with Gasteiger partial charge in [-0.15, -0.1) is 24.9 Å². The Kier molecular flexibility index (Phi) is 8.81. The summed E-state index contributed by atoms with van der Waals surface area (Å²) in [5, 5.41) is 10.3. The van der Waals surface area contributed by atoms with Gasteiger partial charge in [-0.1, -0.05) is 32.9 Å². The average Bonchev–Trinajstić information content (AvgIpc) is 3.51. The molecule has 1 spiro atoms. The molecule has 8 nitrogen and oxygen atoms in total. The normalized spacial score (nSPS) is 29.7. The molecule has 0 aromatic heterocycles. The highest BCUT2D eigenvalue weighted by molar-refractivity contribution is 8.02. The first-order chi connectivity index (χ1) is 18.7. The van der Waals surface area contributed by atoms with Gasteiger partial charge in [-0.05, 0) is 48.9 Å². The molecule has 3 aliphatic rings. The molecule has 9 heteroatoms. The number of benzene rings is 1. The van der Waals surface area contributed by atoms with Crippen LogP contribution in [0.3, 0.4) is 0 Å². The number of esters is 1. The zero-order valence-electron chi connectivity index (χ0n) is 23.2. The maximum atomic E-state index is 14.7. The number of hydrogen-bond acceptors (Lipinski definition) is 7. The van der Waals surface area contributed by atoms with Crippen LogP contribution in [0, 0.1) is 23.7 Å². The van der Waals surface area contributed by atoms with Gasteiger partial charge in [0.15, 0.2) is 0 Å². The fourth-order valence-corrected chi connectivity index (χ4v) is 9.08. The molecule has 1 aromatic carbocycles. The number of amides is 2. The molecule has 7 atom stereocenters. The van der Waals surface area contributed by atoms with Crippen molar-refractivity contribution in [3.63, 3.8) is 0 Å². The van der Waals surface area contributed by atoms with Gasteiger partial charge in [0.25, 0.3) is 5.91 Å². The maximum Gasteiger partial charge on any atom is 0.310 e. The molecule has 4 rings (SSSR count). The third-order valence-corrected chi connectivity index (χ3v) is 10.6. The summed E-state index contributed by atoms with van der Waals surface area (Å²) < 4.78 is 10.1. The topological polar surface area (TPSA) is 96.4 Å². The van der Waals surface area contributed by atoms with Gasteiger partial charge in [0, 0.05) is 17.5 Å². The zero-order valence-corrected chi connectivity index (χ0v) is 24.1. The minimum atomic E-state index is -0.854. The first-order valence-electron chi connectivity index (χ1n) is 13.6. The van der Waals surface area contributed by atoms with Crippen molar-refractivity contribution in [2.45, 2.75) is 55.7 Å². The first kappa shape index (κ1) is 29.2. The molecule has 1 aromatic rings. The number of aliphatic hydroxyl groups excluding tert-OH is 1. The Bertz CT molecular complexity index is 1110. The number of carbonyl (C=O) groups excluding carboxylic acids is 3. The molecule has 39 heavy (non-hydrogen) atoms. The molecule has 2 bridgehead atoms. The molecular formula is C30H40N2O6S. The van der Waals surface area contributed by atoms with E-state index < -0.39 is 34.6 Å². The molecule has 0 saturated carbocycles. The van der Waals surface area contributed by atoms with Crippen LogP contribution in [0.1, 0.15) is 33.6 Å². The maximum absolute atomic E-state index is 14.7. The Morgan fingerprint density at radius 1 is 1.26 bits per heavy atom. The molecule has 0 radical (unpaired) electrons. The average molecular weight is 557 g/mol. The summed E-state index contributed by atoms with van der Waals surface area (Å²) in [6.45, 7) is 13.7. The number of anilines is 1. The van der Waals surface area contributed by atoms with Gasteiger partial charge in [0.2, 0.25) is 5.91 Å². The van der Waals surface area contributed by atoms with Crippen molar-refractivity contribution in [1.82, 2.24) is 4.90 Å². The summed E-state index contributed by atoms with van der Waals surface area (Å²) >= 11 is 1.60. The molecule has 2 amide bonds. The summed E-state index contributed by atoms with van der Waals surface area (Å²) in [5.41, 5.74) is 0.656. The molecule has 212 valence electrons. The number of thioether (sulfide) groups is 1. The van der Waals surface area contributed by atoms with Crippen molar-refractivity contribution in [3.8, 4) is 5.75 Å². The van der Waals surface area contributed by atoms with Crippen molar-refractivity contribution in [2.75, 3.05) is 31.8 Å². The van der Waals surface area contributed by atoms with Crippen molar-refractivity contribution < 1.29 is 29.0 Å². The molecule has 3 unspecified atom stereocenters. The van der Waals surface area contributed by atoms with E-state index in [-0.39, 0.29) is 48.7 Å². The Morgan fingerprint density at radius 2 is 1.95 bits per heavy atom. The largest absolute Gasteiger partial charge is 0.497 e. The summed E-state index contributed by atoms with van der Waals surface area (Å²) in [4.78, 5) is 45.6. The molecule has 0 aliphatic carbocycles. The van der Waals surface area contributed by atoms with Crippen LogP contribution in [0.15, 0.2) is 49.6 Å². The Morgan fingerprint density at radius 3 is 2.51 bits per heavy atom. The molecular weight excluding hydrogens is 516 g/mol. The number of nitrogens with zero attached hydrogens (tertiary/aromatic N) is 2. The molecule has 3 saturated heterocycles. The van der Waals surface area contributed by atoms with Crippen LogP contribution in [0.4, 0.5) is 5.69 Å². The quantitative estimate of drug-likeness (QED) is 0.238. The number of methoxy groups -OCH3 is 1. The summed E-state index contributed by atoms with van der Waals surface area (Å²) in [5.74, 6) is -1.65. The van der Waals surface area contributed by atoms with Crippen LogP contribution >= 0.6 is 11.8 Å². The van der Waals surface area contributed by atoms with Crippen LogP contribution in [0.5, 0.6) is 5.75 Å². The fraction of sp³-hybridized carbons (Fsp3) is 0.567. The lowest BCUT2D eigenvalue weighted by Crippen LogP contribution is -2.60. The monoisotopic (exact) mass is 556 g/mol. The number of hydrogen-bond donors (Lipinski definition) is 1. The minimum absolute atomic E-state index is 0.00517. The fourth-order valence-electron chi connectivity index (χ4n) is 6.69. The van der Waals surface area contributed by atoms with Gasteiger partial charge < -0.3 is 24.4 Å². The van der Waals surface area contributed by atoms with Crippen LogP contribution in [-0.4, -0.2) is 76.7 Å². The predicted molar refractivity (Wildman–Crippen MR) is 153 cm³/mol. The molecule has 3 aliphatic heterocycles. The third-order valence-electron chi connectivity index (χ3n) is 8.53. The van der Waals surface area contributed by atoms with Crippen molar-refractivity contribution in [2.24, 2.45) is 23.7 Å². The predicted octanol–water partition coefficient (Wildman–Crippen LogP) is 3.69. The molecule has 1 N–H and O–H groups in total. The van der Waals surface area contributed by atoms with E-state index in [4.69, 9.17) is 9.47 Å². The van der Waals surface area contributed by atoms with Gasteiger partial charge >= 0.3 is 5.97 Å². The standard InChI is InChI=1S/C30H40N2O6S/c1-7-9-15-38-29(36)24-23-16-19(5)30(39-23)25(24)27(34)32(22(17-33)18(3)4)26(30)28(35)31(14-8-2)20-10-12-21(37-6)13-11-20/h7-8,10-13,18-19,22-26,33H,1-2,9,14-17H2,3-6H3/t19?,22-,23+,24-,25-,26?,30?/m0/s1. The second-order valence-corrected chi connectivity index (χ2v) is 12.5. The van der Waals surface area contributed by atoms with Gasteiger partial charge in [0.05, 0.1) is 42.9 Å². The lowest BCUT2D eigenvalue weighted by Gasteiger charge is -2.42. The lowest BCUT2D eigenvalue weighted by atomic mass is 9.66. The van der Waals surface area contributed by atoms with E-state index in [0.717, 1.165) is 0 Å². The summed E-state index contributed by atoms with van der Waals surface area (Å²) in [6.07, 6.45) is 4.59. The zero-order chi connectivity index (χ0) is 28.5. The lowest BCUT2D eigenvalue weighted by molar-refractivity contribution is -0.155. The smallest absolute Gasteiger partial charge is 0.310 e. The van der Waals surface area contributed by atoms with E-state index in [1.54, 1.807) is 53.0 Å². The van der Waals surface area contributed by atoms with Gasteiger partial charge in [0.1, 0.15) is 11.8 Å². The van der Waals surface area contributed by atoms with Crippen molar-refractivity contribution in [1.29, 1.82) is 0 Å². The van der Waals surface area contributed by atoms with Crippen LogP contribution in [0.25, 0.3) is 0 Å². The highest BCUT2D eigenvalue weighted by atomic mass is 32.2. The van der Waals surface area contributed by atoms with Crippen LogP contribution < -0.4 is 9.64 Å². The third kappa shape index (κ3) is 4.78. The number of fused-ring (bicyclic) bond motifs is 1. The molecule has 3 fully saturated rings. The van der Waals surface area contributed by atoms with E-state index in [1.807, 2.05) is 26.0 Å². The van der Waals surface area contributed by atoms with Crippen molar-refractivity contribution in [3.05, 3.63) is 49.6 Å². The first-order valence-corrected chi connectivity index (χ1v) is 14.5. The highest BCUT2D eigenvalue weighted by Crippen LogP contribution is 2.69. The number of rotatable bonds is 12. The minimum Gasteiger partial charge on any atom is -0.497 e. The van der Waals surface area contributed by atoms with Gasteiger partial charge in [-0.25, -0.2) is 0 Å². The summed E-state index contributed by atoms with van der Waals surface area (Å²) in [6, 6.07) is 5.77. The van der Waals surface area contributed by atoms with Gasteiger partial charge in [-0.3, -0.25) is 14.4 Å². The van der Waals surface area contributed by atoms with Gasteiger partial charge in [-0.2, -0.15) is 0 Å². The van der Waals surface area contributed by atoms with E-state index in [0.29, 0.717) is 24.3 Å². The van der Waals surface area contributed by atoms with E-state index >= 15 is 0 Å². The van der Waals surface area contributed by atoms with Crippen LogP contribution in [0.2, 0.25) is 0 Å². The second-order valence-electron chi connectivity index (χ2n) is 11.0. The number of likely N-dealkylation sites (tertiary alicyclic amines) is 1. The van der Waals surface area contributed by atoms with E-state index in [2.05, 4.69) is 20.1 Å². The Hall–Kier alpha value is -2.78. The highest BCUT2D eigenvalue weighted by Gasteiger charge is 2.77. The second kappa shape index (κ2) is 11.8. The molecule has 3 heterocycles.